The van der Waals surface area contributed by atoms with Crippen molar-refractivity contribution in [3.05, 3.63) is 59.5 Å². The fraction of sp³-hybridized carbons (Fsp3) is 0.400. The van der Waals surface area contributed by atoms with Crippen molar-refractivity contribution in [2.24, 2.45) is 4.99 Å². The van der Waals surface area contributed by atoms with Crippen molar-refractivity contribution in [3.63, 3.8) is 0 Å². The lowest BCUT2D eigenvalue weighted by Gasteiger charge is -2.20. The van der Waals surface area contributed by atoms with E-state index in [1.807, 2.05) is 29.2 Å². The number of hydrogen-bond acceptors (Lipinski definition) is 5. The Morgan fingerprint density at radius 2 is 2.00 bits per heavy atom. The van der Waals surface area contributed by atoms with E-state index in [0.29, 0.717) is 24.9 Å². The molecule has 2 N–H and O–H groups in total. The molecule has 1 saturated heterocycles. The van der Waals surface area contributed by atoms with E-state index in [0.717, 1.165) is 24.1 Å². The fourth-order valence-corrected chi connectivity index (χ4v) is 4.11. The maximum absolute atomic E-state index is 13.9. The topological polar surface area (TPSA) is 86.7 Å². The molecule has 1 fully saturated rings. The van der Waals surface area contributed by atoms with Crippen LogP contribution in [0.25, 0.3) is 0 Å². The third-order valence-corrected chi connectivity index (χ3v) is 5.56. The van der Waals surface area contributed by atoms with Crippen LogP contribution >= 0.6 is 0 Å². The Labute approximate surface area is 171 Å². The van der Waals surface area contributed by atoms with E-state index in [4.69, 9.17) is 0 Å². The molecule has 9 heteroatoms. The molecule has 2 aromatic rings. The predicted octanol–water partition coefficient (Wildman–Crippen LogP) is 1.71. The molecule has 7 nitrogen and oxygen atoms in total. The summed E-state index contributed by atoms with van der Waals surface area (Å²) in [6.45, 7) is 1.93. The highest BCUT2D eigenvalue weighted by atomic mass is 32.2. The van der Waals surface area contributed by atoms with Crippen molar-refractivity contribution in [2.45, 2.75) is 24.8 Å². The van der Waals surface area contributed by atoms with E-state index < -0.39 is 9.84 Å². The molecule has 1 aromatic carbocycles. The van der Waals surface area contributed by atoms with Gasteiger partial charge in [-0.25, -0.2) is 17.8 Å². The van der Waals surface area contributed by atoms with Gasteiger partial charge in [-0.3, -0.25) is 4.99 Å². The molecule has 156 valence electrons. The van der Waals surface area contributed by atoms with Gasteiger partial charge in [0.25, 0.3) is 0 Å². The van der Waals surface area contributed by atoms with Crippen molar-refractivity contribution in [1.82, 2.24) is 15.6 Å². The molecule has 0 bridgehead atoms. The lowest BCUT2D eigenvalue weighted by Crippen LogP contribution is -2.44. The van der Waals surface area contributed by atoms with Crippen LogP contribution in [0.1, 0.15) is 17.5 Å². The van der Waals surface area contributed by atoms with E-state index in [1.54, 1.807) is 19.3 Å². The Kier molecular flexibility index (Phi) is 6.68. The van der Waals surface area contributed by atoms with Gasteiger partial charge in [0.1, 0.15) is 0 Å². The van der Waals surface area contributed by atoms with Crippen molar-refractivity contribution in [3.8, 4) is 0 Å². The van der Waals surface area contributed by atoms with Gasteiger partial charge in [-0.05, 0) is 29.7 Å². The number of aliphatic imine (C=N–C) groups is 1. The van der Waals surface area contributed by atoms with Crippen LogP contribution in [0.15, 0.2) is 47.6 Å². The molecular weight excluding hydrogens is 393 g/mol. The molecule has 29 heavy (non-hydrogen) atoms. The molecule has 0 amide bonds. The highest BCUT2D eigenvalue weighted by molar-refractivity contribution is 7.89. The molecule has 3 rings (SSSR count). The molecule has 0 spiro atoms. The summed E-state index contributed by atoms with van der Waals surface area (Å²) < 4.78 is 36.7. The number of sulfone groups is 1. The Hall–Kier alpha value is -2.68. The lowest BCUT2D eigenvalue weighted by atomic mass is 10.1. The highest BCUT2D eigenvalue weighted by Gasteiger charge is 2.25. The predicted molar refractivity (Wildman–Crippen MR) is 113 cm³/mol. The monoisotopic (exact) mass is 419 g/mol. The Morgan fingerprint density at radius 1 is 1.28 bits per heavy atom. The van der Waals surface area contributed by atoms with E-state index >= 15 is 0 Å². The largest absolute Gasteiger partial charge is 0.352 e. The number of anilines is 1. The minimum atomic E-state index is -3.04. The van der Waals surface area contributed by atoms with Gasteiger partial charge >= 0.3 is 0 Å². The molecule has 1 aliphatic heterocycles. The molecule has 2 heterocycles. The third kappa shape index (κ3) is 6.15. The van der Waals surface area contributed by atoms with Gasteiger partial charge in [-0.1, -0.05) is 24.3 Å². The third-order valence-electron chi connectivity index (χ3n) is 4.70. The quantitative estimate of drug-likeness (QED) is 0.548. The van der Waals surface area contributed by atoms with Crippen molar-refractivity contribution < 1.29 is 12.8 Å². The zero-order chi connectivity index (χ0) is 20.9. The minimum Gasteiger partial charge on any atom is -0.352 e. The molecule has 0 aliphatic carbocycles. The van der Waals surface area contributed by atoms with Crippen LogP contribution in [-0.4, -0.2) is 51.8 Å². The summed E-state index contributed by atoms with van der Waals surface area (Å²) in [7, 11) is -1.33. The van der Waals surface area contributed by atoms with Crippen LogP contribution in [-0.2, 0) is 22.1 Å². The Balaban J connectivity index is 1.51. The second-order valence-electron chi connectivity index (χ2n) is 7.20. The molecule has 0 saturated carbocycles. The van der Waals surface area contributed by atoms with Gasteiger partial charge in [-0.15, -0.1) is 0 Å². The van der Waals surface area contributed by atoms with Crippen LogP contribution in [0.5, 0.6) is 0 Å². The summed E-state index contributed by atoms with van der Waals surface area (Å²) in [6, 6.07) is 10.6. The SMILES string of the molecule is CN=C(NCc1ccc(CS(C)(=O)=O)cc1)NC1CCN(c2ncccc2F)C1. The van der Waals surface area contributed by atoms with Gasteiger partial charge in [0.05, 0.1) is 5.75 Å². The first-order valence-electron chi connectivity index (χ1n) is 9.42. The Morgan fingerprint density at radius 3 is 2.66 bits per heavy atom. The van der Waals surface area contributed by atoms with Crippen LogP contribution in [0.3, 0.4) is 0 Å². The zero-order valence-corrected chi connectivity index (χ0v) is 17.4. The number of pyridine rings is 1. The zero-order valence-electron chi connectivity index (χ0n) is 16.6. The normalized spacial score (nSPS) is 17.4. The number of nitrogens with one attached hydrogen (secondary N) is 2. The summed E-state index contributed by atoms with van der Waals surface area (Å²) in [4.78, 5) is 10.3. The van der Waals surface area contributed by atoms with Gasteiger partial charge in [0.2, 0.25) is 0 Å². The first kappa shape index (κ1) is 21.0. The van der Waals surface area contributed by atoms with Gasteiger partial charge < -0.3 is 15.5 Å². The van der Waals surface area contributed by atoms with Crippen LogP contribution in [0.4, 0.5) is 10.2 Å². The second-order valence-corrected chi connectivity index (χ2v) is 9.34. The maximum Gasteiger partial charge on any atom is 0.191 e. The van der Waals surface area contributed by atoms with Crippen molar-refractivity contribution in [1.29, 1.82) is 0 Å². The first-order valence-corrected chi connectivity index (χ1v) is 11.5. The summed E-state index contributed by atoms with van der Waals surface area (Å²) in [5, 5.41) is 6.62. The maximum atomic E-state index is 13.9. The van der Waals surface area contributed by atoms with E-state index in [-0.39, 0.29) is 17.6 Å². The smallest absolute Gasteiger partial charge is 0.191 e. The number of aromatic nitrogens is 1. The van der Waals surface area contributed by atoms with E-state index in [9.17, 15) is 12.8 Å². The average Bonchev–Trinajstić information content (AvgIpc) is 3.13. The number of guanidine groups is 1. The first-order chi connectivity index (χ1) is 13.8. The number of halogens is 1. The second kappa shape index (κ2) is 9.21. The van der Waals surface area contributed by atoms with Crippen molar-refractivity contribution in [2.75, 3.05) is 31.3 Å². The number of nitrogens with zero attached hydrogens (tertiary/aromatic N) is 3. The standard InChI is InChI=1S/C20H26FN5O2S/c1-22-20(24-12-15-5-7-16(8-6-15)14-29(2,27)28)25-17-9-11-26(13-17)19-18(21)4-3-10-23-19/h3-8,10,17H,9,11-14H2,1-2H3,(H2,22,24,25). The summed E-state index contributed by atoms with van der Waals surface area (Å²) in [5.41, 5.74) is 1.79. The van der Waals surface area contributed by atoms with Gasteiger partial charge in [0, 0.05) is 45.2 Å². The average molecular weight is 420 g/mol. The fourth-order valence-electron chi connectivity index (χ4n) is 3.31. The summed E-state index contributed by atoms with van der Waals surface area (Å²) in [5.74, 6) is 0.779. The molecule has 0 radical (unpaired) electrons. The van der Waals surface area contributed by atoms with Crippen LogP contribution in [0.2, 0.25) is 0 Å². The molecule has 1 aromatic heterocycles. The van der Waals surface area contributed by atoms with Crippen molar-refractivity contribution >= 4 is 21.6 Å². The van der Waals surface area contributed by atoms with Crippen LogP contribution < -0.4 is 15.5 Å². The number of benzene rings is 1. The highest BCUT2D eigenvalue weighted by Crippen LogP contribution is 2.20. The number of rotatable bonds is 6. The molecule has 1 aliphatic rings. The number of hydrogen-bond donors (Lipinski definition) is 2. The Bertz CT molecular complexity index is 963. The van der Waals surface area contributed by atoms with E-state index in [1.165, 1.54) is 12.3 Å². The molecule has 1 unspecified atom stereocenters. The summed E-state index contributed by atoms with van der Waals surface area (Å²) in [6.07, 6.45) is 3.68. The summed E-state index contributed by atoms with van der Waals surface area (Å²) >= 11 is 0. The van der Waals surface area contributed by atoms with E-state index in [2.05, 4.69) is 20.6 Å². The van der Waals surface area contributed by atoms with Crippen LogP contribution in [0, 0.1) is 5.82 Å². The minimum absolute atomic E-state index is 0.0407. The van der Waals surface area contributed by atoms with Gasteiger partial charge in [-0.2, -0.15) is 0 Å². The van der Waals surface area contributed by atoms with Gasteiger partial charge in [0.15, 0.2) is 27.4 Å². The lowest BCUT2D eigenvalue weighted by molar-refractivity contribution is 0.601. The molecular formula is C20H26FN5O2S. The molecule has 1 atom stereocenters.